The van der Waals surface area contributed by atoms with E-state index in [2.05, 4.69) is 10.3 Å². The summed E-state index contributed by atoms with van der Waals surface area (Å²) in [7, 11) is 0. The highest BCUT2D eigenvalue weighted by Gasteiger charge is 2.16. The lowest BCUT2D eigenvalue weighted by atomic mass is 10.0. The van der Waals surface area contributed by atoms with Gasteiger partial charge in [-0.15, -0.1) is 11.3 Å². The van der Waals surface area contributed by atoms with E-state index in [0.29, 0.717) is 22.9 Å². The molecule has 0 fully saturated rings. The molecule has 0 aliphatic heterocycles. The molecule has 4 rings (SSSR count). The topological polar surface area (TPSA) is 88.3 Å². The van der Waals surface area contributed by atoms with Gasteiger partial charge in [0.25, 0.3) is 11.5 Å². The van der Waals surface area contributed by atoms with Crippen LogP contribution in [-0.2, 0) is 4.74 Å². The lowest BCUT2D eigenvalue weighted by molar-refractivity contribution is 0.0532. The number of anilines is 1. The summed E-state index contributed by atoms with van der Waals surface area (Å²) in [4.78, 5) is 40.5. The summed E-state index contributed by atoms with van der Waals surface area (Å²) in [5.41, 5.74) is 2.51. The van der Waals surface area contributed by atoms with Gasteiger partial charge >= 0.3 is 5.97 Å². The van der Waals surface area contributed by atoms with Crippen LogP contribution in [0.4, 0.5) is 5.69 Å². The summed E-state index contributed by atoms with van der Waals surface area (Å²) >= 11 is 1.33. The van der Waals surface area contributed by atoms with Gasteiger partial charge in [-0.2, -0.15) is 0 Å². The number of aryl methyl sites for hydroxylation is 1. The number of carbonyl (C=O) groups is 2. The molecule has 6 nitrogen and oxygen atoms in total. The minimum atomic E-state index is -0.501. The summed E-state index contributed by atoms with van der Waals surface area (Å²) in [5, 5.41) is 3.60. The summed E-state index contributed by atoms with van der Waals surface area (Å²) in [6, 6.07) is 18.3. The molecule has 0 atom stereocenters. The van der Waals surface area contributed by atoms with Gasteiger partial charge in [0, 0.05) is 21.6 Å². The summed E-state index contributed by atoms with van der Waals surface area (Å²) in [5.74, 6) is -0.868. The molecule has 7 heteroatoms. The lowest BCUT2D eigenvalue weighted by Gasteiger charge is -2.10. The zero-order chi connectivity index (χ0) is 22.0. The van der Waals surface area contributed by atoms with E-state index in [9.17, 15) is 14.4 Å². The van der Waals surface area contributed by atoms with Gasteiger partial charge in [-0.05, 0) is 55.1 Å². The highest BCUT2D eigenvalue weighted by molar-refractivity contribution is 7.20. The SMILES string of the molecule is CCOC(=O)c1cc2cc(NC(=O)c3cc(-c4ccccc4)c(C)[nH]c3=O)ccc2s1. The van der Waals surface area contributed by atoms with Crippen molar-refractivity contribution in [2.45, 2.75) is 13.8 Å². The Bertz CT molecular complexity index is 1340. The van der Waals surface area contributed by atoms with Crippen molar-refractivity contribution in [3.8, 4) is 11.1 Å². The molecule has 0 aliphatic rings. The molecular formula is C24H20N2O4S. The van der Waals surface area contributed by atoms with Gasteiger partial charge in [-0.1, -0.05) is 30.3 Å². The Kier molecular flexibility index (Phi) is 5.68. The fourth-order valence-corrected chi connectivity index (χ4v) is 4.27. The average molecular weight is 433 g/mol. The number of fused-ring (bicyclic) bond motifs is 1. The van der Waals surface area contributed by atoms with E-state index in [1.165, 1.54) is 11.3 Å². The van der Waals surface area contributed by atoms with Crippen molar-refractivity contribution >= 4 is 39.0 Å². The Morgan fingerprint density at radius 2 is 1.84 bits per heavy atom. The van der Waals surface area contributed by atoms with E-state index in [1.54, 1.807) is 38.1 Å². The third-order valence-corrected chi connectivity index (χ3v) is 5.91. The van der Waals surface area contributed by atoms with Crippen molar-refractivity contribution in [1.82, 2.24) is 4.98 Å². The number of H-pyrrole nitrogens is 1. The minimum Gasteiger partial charge on any atom is -0.462 e. The Morgan fingerprint density at radius 1 is 1.06 bits per heavy atom. The number of nitrogens with one attached hydrogen (secondary N) is 2. The van der Waals surface area contributed by atoms with Crippen LogP contribution < -0.4 is 10.9 Å². The van der Waals surface area contributed by atoms with Gasteiger partial charge < -0.3 is 15.0 Å². The summed E-state index contributed by atoms with van der Waals surface area (Å²) in [6.07, 6.45) is 0. The summed E-state index contributed by atoms with van der Waals surface area (Å²) in [6.45, 7) is 3.87. The first kappa shape index (κ1) is 20.6. The molecule has 0 unspecified atom stereocenters. The van der Waals surface area contributed by atoms with E-state index < -0.39 is 11.5 Å². The van der Waals surface area contributed by atoms with Crippen molar-refractivity contribution in [3.05, 3.63) is 87.2 Å². The molecule has 0 radical (unpaired) electrons. The third kappa shape index (κ3) is 4.27. The molecule has 156 valence electrons. The van der Waals surface area contributed by atoms with Crippen molar-refractivity contribution in [2.75, 3.05) is 11.9 Å². The molecule has 4 aromatic rings. The first-order chi connectivity index (χ1) is 15.0. The van der Waals surface area contributed by atoms with Gasteiger partial charge in [-0.3, -0.25) is 9.59 Å². The lowest BCUT2D eigenvalue weighted by Crippen LogP contribution is -2.24. The largest absolute Gasteiger partial charge is 0.462 e. The number of amides is 1. The predicted molar refractivity (Wildman–Crippen MR) is 123 cm³/mol. The van der Waals surface area contributed by atoms with Crippen molar-refractivity contribution in [1.29, 1.82) is 0 Å². The number of rotatable bonds is 5. The van der Waals surface area contributed by atoms with Crippen molar-refractivity contribution in [3.63, 3.8) is 0 Å². The first-order valence-corrected chi connectivity index (χ1v) is 10.6. The summed E-state index contributed by atoms with van der Waals surface area (Å²) < 4.78 is 5.95. The molecule has 31 heavy (non-hydrogen) atoms. The number of aromatic nitrogens is 1. The van der Waals surface area contributed by atoms with Crippen LogP contribution in [0.3, 0.4) is 0 Å². The van der Waals surface area contributed by atoms with Crippen LogP contribution in [0.2, 0.25) is 0 Å². The molecule has 2 aromatic carbocycles. The van der Waals surface area contributed by atoms with Crippen LogP contribution in [-0.4, -0.2) is 23.5 Å². The standard InChI is InChI=1S/C24H20N2O4S/c1-3-30-24(29)21-12-16-11-17(9-10-20(16)31-21)26-23(28)19-13-18(14(2)25-22(19)27)15-7-5-4-6-8-15/h4-13H,3H2,1-2H3,(H,25,27)(H,26,28). The Labute approximate surface area is 182 Å². The van der Waals surface area contributed by atoms with E-state index in [0.717, 1.165) is 21.2 Å². The number of thiophene rings is 1. The molecule has 2 heterocycles. The van der Waals surface area contributed by atoms with Gasteiger partial charge in [0.2, 0.25) is 0 Å². The van der Waals surface area contributed by atoms with Crippen LogP contribution in [0.1, 0.15) is 32.6 Å². The number of aromatic amines is 1. The molecule has 0 saturated carbocycles. The van der Waals surface area contributed by atoms with E-state index in [4.69, 9.17) is 4.74 Å². The molecule has 1 amide bonds. The number of hydrogen-bond donors (Lipinski definition) is 2. The monoisotopic (exact) mass is 432 g/mol. The zero-order valence-electron chi connectivity index (χ0n) is 17.0. The number of esters is 1. The first-order valence-electron chi connectivity index (χ1n) is 9.77. The normalized spacial score (nSPS) is 10.8. The molecule has 0 aliphatic carbocycles. The van der Waals surface area contributed by atoms with Crippen LogP contribution in [0.15, 0.2) is 65.5 Å². The van der Waals surface area contributed by atoms with Crippen molar-refractivity contribution < 1.29 is 14.3 Å². The van der Waals surface area contributed by atoms with Crippen LogP contribution in [0, 0.1) is 6.92 Å². The molecule has 2 N–H and O–H groups in total. The van der Waals surface area contributed by atoms with Gasteiger partial charge in [0.05, 0.1) is 6.61 Å². The highest BCUT2D eigenvalue weighted by Crippen LogP contribution is 2.29. The third-order valence-electron chi connectivity index (χ3n) is 4.82. The van der Waals surface area contributed by atoms with Gasteiger partial charge in [-0.25, -0.2) is 4.79 Å². The Morgan fingerprint density at radius 3 is 2.58 bits per heavy atom. The fourth-order valence-electron chi connectivity index (χ4n) is 3.33. The molecule has 0 bridgehead atoms. The maximum Gasteiger partial charge on any atom is 0.348 e. The second-order valence-electron chi connectivity index (χ2n) is 6.95. The number of carbonyl (C=O) groups excluding carboxylic acids is 2. The Hall–Kier alpha value is -3.71. The van der Waals surface area contributed by atoms with Crippen molar-refractivity contribution in [2.24, 2.45) is 0 Å². The van der Waals surface area contributed by atoms with E-state index >= 15 is 0 Å². The molecule has 0 spiro atoms. The van der Waals surface area contributed by atoms with Gasteiger partial charge in [0.1, 0.15) is 10.4 Å². The number of pyridine rings is 1. The maximum absolute atomic E-state index is 12.9. The van der Waals surface area contributed by atoms with E-state index in [-0.39, 0.29) is 11.5 Å². The van der Waals surface area contributed by atoms with Crippen LogP contribution >= 0.6 is 11.3 Å². The van der Waals surface area contributed by atoms with Crippen LogP contribution in [0.5, 0.6) is 0 Å². The predicted octanol–water partition coefficient (Wildman–Crippen LogP) is 4.99. The second-order valence-corrected chi connectivity index (χ2v) is 8.04. The Balaban J connectivity index is 1.63. The molecular weight excluding hydrogens is 412 g/mol. The molecule has 0 saturated heterocycles. The highest BCUT2D eigenvalue weighted by atomic mass is 32.1. The zero-order valence-corrected chi connectivity index (χ0v) is 17.8. The maximum atomic E-state index is 12.9. The van der Waals surface area contributed by atoms with E-state index in [1.807, 2.05) is 36.4 Å². The van der Waals surface area contributed by atoms with Crippen LogP contribution in [0.25, 0.3) is 21.2 Å². The average Bonchev–Trinajstić information content (AvgIpc) is 3.18. The quantitative estimate of drug-likeness (QED) is 0.435. The number of hydrogen-bond acceptors (Lipinski definition) is 5. The van der Waals surface area contributed by atoms with Gasteiger partial charge in [0.15, 0.2) is 0 Å². The fraction of sp³-hybridized carbons (Fsp3) is 0.125. The second kappa shape index (κ2) is 8.57. The number of ether oxygens (including phenoxy) is 1. The minimum absolute atomic E-state index is 0.0297. The smallest absolute Gasteiger partial charge is 0.348 e. The molecule has 2 aromatic heterocycles. The number of benzene rings is 2.